The highest BCUT2D eigenvalue weighted by Crippen LogP contribution is 2.43. The van der Waals surface area contributed by atoms with Gasteiger partial charge in [-0.2, -0.15) is 0 Å². The van der Waals surface area contributed by atoms with Gasteiger partial charge in [-0.3, -0.25) is 18.6 Å². The van der Waals surface area contributed by atoms with Gasteiger partial charge in [0.05, 0.1) is 32.0 Å². The number of phosphoric acid groups is 1. The lowest BCUT2D eigenvalue weighted by atomic mass is 10.1. The third-order valence-corrected chi connectivity index (χ3v) is 9.66. The Morgan fingerprint density at radius 3 is 1.75 bits per heavy atom. The number of aliphatic hydroxyl groups excluding tert-OH is 4. The number of hydrogen-bond acceptors (Lipinski definition) is 11. The number of phosphoric ester groups is 1. The Balaban J connectivity index is 4.57. The van der Waals surface area contributed by atoms with Gasteiger partial charge in [-0.1, -0.05) is 150 Å². The first-order valence-corrected chi connectivity index (χ1v) is 23.3. The molecule has 0 saturated carbocycles. The molecule has 0 saturated heterocycles. The summed E-state index contributed by atoms with van der Waals surface area (Å²) in [6.45, 7) is 1.95. The largest absolute Gasteiger partial charge is 0.472 e. The van der Waals surface area contributed by atoms with Crippen LogP contribution < -0.4 is 0 Å². The second kappa shape index (κ2) is 40.5. The van der Waals surface area contributed by atoms with E-state index in [1.54, 1.807) is 42.5 Å². The van der Waals surface area contributed by atoms with Crippen molar-refractivity contribution < 1.29 is 58.0 Å². The van der Waals surface area contributed by atoms with Gasteiger partial charge in [-0.15, -0.1) is 0 Å². The topological polar surface area (TPSA) is 189 Å². The summed E-state index contributed by atoms with van der Waals surface area (Å²) in [5.41, 5.74) is 0. The maximum absolute atomic E-state index is 12.6. The fraction of sp³-hybridized carbons (Fsp3) is 0.652. The predicted molar refractivity (Wildman–Crippen MR) is 235 cm³/mol. The number of carbonyl (C=O) groups excluding carboxylic acids is 2. The zero-order chi connectivity index (χ0) is 43.7. The van der Waals surface area contributed by atoms with Crippen LogP contribution in [-0.2, 0) is 32.7 Å². The van der Waals surface area contributed by atoms with Crippen LogP contribution in [0.3, 0.4) is 0 Å². The van der Waals surface area contributed by atoms with Gasteiger partial charge in [0.1, 0.15) is 12.7 Å². The summed E-state index contributed by atoms with van der Waals surface area (Å²) in [5.74, 6) is -1.11. The SMILES string of the molecule is CC/C=C\C[C@H](O)/C=C/C=C\C=C\[C@H](O)C/C=C\C/C=C\CCC(=O)O[C@H](COC(=O)CCCCCCC/C=C\CCCCCCCC)COP(=O)(O)OC[C@@H](O)CO. The van der Waals surface area contributed by atoms with Crippen LogP contribution >= 0.6 is 7.82 Å². The first-order chi connectivity index (χ1) is 28.5. The fourth-order valence-electron chi connectivity index (χ4n) is 5.30. The van der Waals surface area contributed by atoms with E-state index >= 15 is 0 Å². The van der Waals surface area contributed by atoms with Crippen LogP contribution in [0.4, 0.5) is 0 Å². The van der Waals surface area contributed by atoms with E-state index in [0.717, 1.165) is 44.9 Å². The molecule has 0 aliphatic rings. The highest BCUT2D eigenvalue weighted by Gasteiger charge is 2.27. The lowest BCUT2D eigenvalue weighted by molar-refractivity contribution is -0.161. The third kappa shape index (κ3) is 40.3. The molecule has 0 aliphatic carbocycles. The second-order valence-corrected chi connectivity index (χ2v) is 15.8. The Morgan fingerprint density at radius 2 is 1.14 bits per heavy atom. The van der Waals surface area contributed by atoms with Gasteiger partial charge < -0.3 is 34.8 Å². The number of allylic oxidation sites excluding steroid dienone is 10. The number of esters is 2. The van der Waals surface area contributed by atoms with Gasteiger partial charge in [0.2, 0.25) is 0 Å². The molecule has 59 heavy (non-hydrogen) atoms. The monoisotopic (exact) mass is 853 g/mol. The summed E-state index contributed by atoms with van der Waals surface area (Å²) in [7, 11) is -4.67. The highest BCUT2D eigenvalue weighted by molar-refractivity contribution is 7.47. The van der Waals surface area contributed by atoms with Crippen LogP contribution in [0.25, 0.3) is 0 Å². The van der Waals surface area contributed by atoms with E-state index in [1.807, 2.05) is 37.3 Å². The minimum Gasteiger partial charge on any atom is -0.462 e. The smallest absolute Gasteiger partial charge is 0.462 e. The molecule has 0 bridgehead atoms. The van der Waals surface area contributed by atoms with Crippen molar-refractivity contribution in [1.29, 1.82) is 0 Å². The third-order valence-electron chi connectivity index (χ3n) is 8.71. The number of unbranched alkanes of at least 4 members (excludes halogenated alkanes) is 11. The molecule has 0 fully saturated rings. The summed E-state index contributed by atoms with van der Waals surface area (Å²) in [6.07, 6.45) is 40.5. The molecule has 0 aliphatic heterocycles. The molecule has 0 radical (unpaired) electrons. The van der Waals surface area contributed by atoms with E-state index in [2.05, 4.69) is 23.6 Å². The van der Waals surface area contributed by atoms with E-state index in [-0.39, 0.29) is 19.4 Å². The van der Waals surface area contributed by atoms with Crippen molar-refractivity contribution >= 4 is 19.8 Å². The van der Waals surface area contributed by atoms with Gasteiger partial charge in [0.25, 0.3) is 0 Å². The molecule has 0 spiro atoms. The van der Waals surface area contributed by atoms with Gasteiger partial charge >= 0.3 is 19.8 Å². The molecule has 0 amide bonds. The summed E-state index contributed by atoms with van der Waals surface area (Å²) in [4.78, 5) is 35.0. The standard InChI is InChI=1S/C46H77O12P/c1-3-5-7-8-9-10-11-12-13-14-15-16-17-21-29-35-45(51)55-39-44(40-57-59(53,54)56-38-43(50)37-47)58-46(52)36-30-22-19-18-20-26-32-42(49)34-28-24-23-27-33-41(48)31-25-6-4-2/h6,12-13,19-20,22-28,33-34,41-44,47-50H,3-5,7-11,14-18,21,29-32,35-40H2,1-2H3,(H,53,54)/b13-12-,22-19-,24-23-,25-6-,26-20-,33-27+,34-28+/t41-,42+,43-,44+/m0/s1. The minimum atomic E-state index is -4.67. The Bertz CT molecular complexity index is 1290. The summed E-state index contributed by atoms with van der Waals surface area (Å²) in [6, 6.07) is 0. The van der Waals surface area contributed by atoms with Crippen molar-refractivity contribution in [2.45, 2.75) is 167 Å². The lowest BCUT2D eigenvalue weighted by Crippen LogP contribution is -2.29. The molecule has 0 aromatic rings. The Hall–Kier alpha value is -2.93. The van der Waals surface area contributed by atoms with Crippen molar-refractivity contribution in [2.75, 3.05) is 26.4 Å². The molecule has 338 valence electrons. The van der Waals surface area contributed by atoms with Crippen LogP contribution in [0.1, 0.15) is 142 Å². The molecule has 5 atom stereocenters. The summed E-state index contributed by atoms with van der Waals surface area (Å²) in [5, 5.41) is 38.3. The van der Waals surface area contributed by atoms with E-state index in [1.165, 1.54) is 38.5 Å². The lowest BCUT2D eigenvalue weighted by Gasteiger charge is -2.20. The quantitative estimate of drug-likeness (QED) is 0.0130. The zero-order valence-electron chi connectivity index (χ0n) is 35.9. The number of aliphatic hydroxyl groups is 4. The summed E-state index contributed by atoms with van der Waals surface area (Å²) < 4.78 is 32.5. The number of carbonyl (C=O) groups is 2. The van der Waals surface area contributed by atoms with Gasteiger partial charge in [0, 0.05) is 12.8 Å². The van der Waals surface area contributed by atoms with Crippen molar-refractivity contribution in [1.82, 2.24) is 0 Å². The first kappa shape index (κ1) is 56.1. The van der Waals surface area contributed by atoms with E-state index < -0.39 is 64.0 Å². The van der Waals surface area contributed by atoms with E-state index in [9.17, 15) is 34.4 Å². The first-order valence-electron chi connectivity index (χ1n) is 21.8. The maximum atomic E-state index is 12.6. The molecule has 5 N–H and O–H groups in total. The highest BCUT2D eigenvalue weighted by atomic mass is 31.2. The molecule has 0 heterocycles. The molecule has 0 rings (SSSR count). The maximum Gasteiger partial charge on any atom is 0.472 e. The molecular weight excluding hydrogens is 775 g/mol. The van der Waals surface area contributed by atoms with E-state index in [0.29, 0.717) is 32.1 Å². The molecule has 12 nitrogen and oxygen atoms in total. The average Bonchev–Trinajstić information content (AvgIpc) is 3.21. The van der Waals surface area contributed by atoms with Crippen molar-refractivity contribution in [2.24, 2.45) is 0 Å². The normalized spacial score (nSPS) is 15.7. The number of ether oxygens (including phenoxy) is 2. The van der Waals surface area contributed by atoms with Gasteiger partial charge in [0.15, 0.2) is 6.10 Å². The van der Waals surface area contributed by atoms with Crippen molar-refractivity contribution in [3.05, 3.63) is 85.1 Å². The van der Waals surface area contributed by atoms with Crippen LogP contribution in [0.2, 0.25) is 0 Å². The molecule has 0 aromatic heterocycles. The van der Waals surface area contributed by atoms with Crippen LogP contribution in [-0.4, -0.2) is 88.1 Å². The molecule has 13 heteroatoms. The van der Waals surface area contributed by atoms with Gasteiger partial charge in [-0.25, -0.2) is 4.57 Å². The van der Waals surface area contributed by atoms with Crippen LogP contribution in [0, 0.1) is 0 Å². The van der Waals surface area contributed by atoms with Crippen LogP contribution in [0.15, 0.2) is 85.1 Å². The minimum absolute atomic E-state index is 0.00334. The zero-order valence-corrected chi connectivity index (χ0v) is 36.8. The summed E-state index contributed by atoms with van der Waals surface area (Å²) >= 11 is 0. The predicted octanol–water partition coefficient (Wildman–Crippen LogP) is 9.39. The van der Waals surface area contributed by atoms with E-state index in [4.69, 9.17) is 19.1 Å². The van der Waals surface area contributed by atoms with Crippen LogP contribution in [0.5, 0.6) is 0 Å². The van der Waals surface area contributed by atoms with Crippen molar-refractivity contribution in [3.8, 4) is 0 Å². The number of hydrogen-bond donors (Lipinski definition) is 5. The molecule has 0 aromatic carbocycles. The van der Waals surface area contributed by atoms with Gasteiger partial charge in [-0.05, 0) is 64.2 Å². The number of rotatable bonds is 39. The van der Waals surface area contributed by atoms with Crippen molar-refractivity contribution in [3.63, 3.8) is 0 Å². The fourth-order valence-corrected chi connectivity index (χ4v) is 6.09. The Kier molecular flexibility index (Phi) is 38.5. The average molecular weight is 853 g/mol. The Morgan fingerprint density at radius 1 is 0.593 bits per heavy atom. The second-order valence-electron chi connectivity index (χ2n) is 14.4. The Labute approximate surface area is 355 Å². The molecule has 1 unspecified atom stereocenters. The molecular formula is C46H77O12P.